The molecule has 6 nitrogen and oxygen atoms in total. The Morgan fingerprint density at radius 2 is 1.58 bits per heavy atom. The van der Waals surface area contributed by atoms with Gasteiger partial charge in [0.1, 0.15) is 23.7 Å². The molecule has 198 valence electrons. The summed E-state index contributed by atoms with van der Waals surface area (Å²) in [4.78, 5) is 13.1. The molecule has 4 rings (SSSR count). The number of halogens is 7. The van der Waals surface area contributed by atoms with Crippen LogP contribution >= 0.6 is 11.6 Å². The van der Waals surface area contributed by atoms with Crippen molar-refractivity contribution in [2.24, 2.45) is 0 Å². The fourth-order valence-corrected chi connectivity index (χ4v) is 3.62. The second-order valence-electron chi connectivity index (χ2n) is 7.77. The van der Waals surface area contributed by atoms with Crippen LogP contribution in [0.5, 0.6) is 17.4 Å². The number of amides is 1. The van der Waals surface area contributed by atoms with Crippen LogP contribution in [0.15, 0.2) is 66.7 Å². The third-order valence-corrected chi connectivity index (χ3v) is 5.44. The van der Waals surface area contributed by atoms with E-state index in [1.807, 2.05) is 0 Å². The van der Waals surface area contributed by atoms with Gasteiger partial charge in [-0.2, -0.15) is 26.3 Å². The molecule has 1 N–H and O–H groups in total. The number of benzene rings is 3. The highest BCUT2D eigenvalue weighted by Gasteiger charge is 2.32. The van der Waals surface area contributed by atoms with Gasteiger partial charge in [-0.15, -0.1) is 10.2 Å². The number of rotatable bonds is 7. The summed E-state index contributed by atoms with van der Waals surface area (Å²) in [6.07, 6.45) is -9.17. The van der Waals surface area contributed by atoms with Gasteiger partial charge in [0.25, 0.3) is 11.8 Å². The fourth-order valence-electron chi connectivity index (χ4n) is 3.38. The molecule has 4 aromatic rings. The molecule has 0 fully saturated rings. The van der Waals surface area contributed by atoms with Crippen LogP contribution in [0, 0.1) is 0 Å². The Bertz CT molecular complexity index is 1480. The normalized spacial score (nSPS) is 11.9. The maximum atomic E-state index is 13.1. The van der Waals surface area contributed by atoms with Crippen LogP contribution < -0.4 is 14.8 Å². The van der Waals surface area contributed by atoms with E-state index in [2.05, 4.69) is 15.5 Å². The topological polar surface area (TPSA) is 73.3 Å². The van der Waals surface area contributed by atoms with Gasteiger partial charge >= 0.3 is 12.4 Å². The number of alkyl halides is 6. The molecule has 3 aromatic carbocycles. The molecule has 1 heterocycles. The van der Waals surface area contributed by atoms with Crippen LogP contribution in [-0.2, 0) is 12.4 Å². The van der Waals surface area contributed by atoms with Crippen molar-refractivity contribution in [1.82, 2.24) is 15.5 Å². The van der Waals surface area contributed by atoms with E-state index >= 15 is 0 Å². The SMILES string of the molecule is O=C(NCCOc1ccc(C(F)(F)F)cc1Cl)c1c(Oc2cccc(C(F)(F)F)c2)nnc2ccccc12. The summed E-state index contributed by atoms with van der Waals surface area (Å²) in [5.74, 6) is -1.25. The molecule has 0 radical (unpaired) electrons. The van der Waals surface area contributed by atoms with Crippen LogP contribution in [0.4, 0.5) is 26.3 Å². The molecular formula is C25H16ClF6N3O3. The number of ether oxygens (including phenoxy) is 2. The van der Waals surface area contributed by atoms with Crippen molar-refractivity contribution in [3.05, 3.63) is 88.4 Å². The molecule has 1 aromatic heterocycles. The van der Waals surface area contributed by atoms with Crippen molar-refractivity contribution in [2.45, 2.75) is 12.4 Å². The first-order chi connectivity index (χ1) is 17.9. The van der Waals surface area contributed by atoms with E-state index in [4.69, 9.17) is 21.1 Å². The molecule has 0 aliphatic carbocycles. The highest BCUT2D eigenvalue weighted by Crippen LogP contribution is 2.35. The smallest absolute Gasteiger partial charge is 0.416 e. The van der Waals surface area contributed by atoms with Crippen molar-refractivity contribution in [3.8, 4) is 17.4 Å². The van der Waals surface area contributed by atoms with Gasteiger partial charge in [0.2, 0.25) is 0 Å². The summed E-state index contributed by atoms with van der Waals surface area (Å²) < 4.78 is 88.6. The summed E-state index contributed by atoms with van der Waals surface area (Å²) in [6, 6.07) is 13.1. The van der Waals surface area contributed by atoms with Crippen LogP contribution in [-0.4, -0.2) is 29.3 Å². The van der Waals surface area contributed by atoms with Gasteiger partial charge in [0.05, 0.1) is 28.2 Å². The minimum absolute atomic E-state index is 0.0153. The van der Waals surface area contributed by atoms with Gasteiger partial charge in [-0.25, -0.2) is 0 Å². The Morgan fingerprint density at radius 3 is 2.29 bits per heavy atom. The Balaban J connectivity index is 1.51. The van der Waals surface area contributed by atoms with Gasteiger partial charge < -0.3 is 14.8 Å². The molecule has 0 spiro atoms. The number of hydrogen-bond donors (Lipinski definition) is 1. The first kappa shape index (κ1) is 27.0. The van der Waals surface area contributed by atoms with E-state index in [1.54, 1.807) is 24.3 Å². The predicted octanol–water partition coefficient (Wildman–Crippen LogP) is 6.92. The average Bonchev–Trinajstić information content (AvgIpc) is 2.86. The maximum Gasteiger partial charge on any atom is 0.416 e. The molecule has 0 aliphatic heterocycles. The van der Waals surface area contributed by atoms with Crippen LogP contribution in [0.25, 0.3) is 10.9 Å². The number of fused-ring (bicyclic) bond motifs is 1. The zero-order chi connectivity index (χ0) is 27.5. The van der Waals surface area contributed by atoms with E-state index in [9.17, 15) is 31.1 Å². The van der Waals surface area contributed by atoms with Crippen molar-refractivity contribution < 1.29 is 40.6 Å². The largest absolute Gasteiger partial charge is 0.490 e. The van der Waals surface area contributed by atoms with Crippen molar-refractivity contribution in [2.75, 3.05) is 13.2 Å². The van der Waals surface area contributed by atoms with Crippen LogP contribution in [0.2, 0.25) is 5.02 Å². The van der Waals surface area contributed by atoms with E-state index in [-0.39, 0.29) is 41.1 Å². The van der Waals surface area contributed by atoms with Gasteiger partial charge in [-0.3, -0.25) is 4.79 Å². The minimum atomic E-state index is -4.61. The van der Waals surface area contributed by atoms with Crippen LogP contribution in [0.3, 0.4) is 0 Å². The second kappa shape index (κ2) is 10.7. The van der Waals surface area contributed by atoms with Crippen molar-refractivity contribution in [3.63, 3.8) is 0 Å². The van der Waals surface area contributed by atoms with Crippen LogP contribution in [0.1, 0.15) is 21.5 Å². The summed E-state index contributed by atoms with van der Waals surface area (Å²) in [5, 5.41) is 10.5. The van der Waals surface area contributed by atoms with E-state index < -0.39 is 29.4 Å². The van der Waals surface area contributed by atoms with Gasteiger partial charge in [-0.1, -0.05) is 35.9 Å². The molecule has 0 atom stereocenters. The first-order valence-electron chi connectivity index (χ1n) is 10.8. The quantitative estimate of drug-likeness (QED) is 0.198. The standard InChI is InChI=1S/C25H16ClF6N3O3/c26-18-13-15(25(30,31)32)8-9-20(18)37-11-10-33-22(36)21-17-6-1-2-7-19(17)34-35-23(21)38-16-5-3-4-14(12-16)24(27,28)29/h1-9,12-13H,10-11H2,(H,33,36). The number of nitrogens with zero attached hydrogens (tertiary/aromatic N) is 2. The lowest BCUT2D eigenvalue weighted by atomic mass is 10.1. The highest BCUT2D eigenvalue weighted by molar-refractivity contribution is 6.32. The summed E-state index contributed by atoms with van der Waals surface area (Å²) in [7, 11) is 0. The zero-order valence-corrected chi connectivity index (χ0v) is 19.8. The molecular weight excluding hydrogens is 540 g/mol. The molecule has 0 saturated heterocycles. The van der Waals surface area contributed by atoms with E-state index in [1.165, 1.54) is 6.07 Å². The average molecular weight is 556 g/mol. The van der Waals surface area contributed by atoms with E-state index in [0.717, 1.165) is 36.4 Å². The predicted molar refractivity (Wildman–Crippen MR) is 125 cm³/mol. The Hall–Kier alpha value is -4.06. The lowest BCUT2D eigenvalue weighted by Gasteiger charge is -2.14. The Labute approximate surface area is 216 Å². The molecule has 38 heavy (non-hydrogen) atoms. The molecule has 13 heteroatoms. The number of carbonyl (C=O) groups excluding carboxylic acids is 1. The van der Waals surface area contributed by atoms with Crippen molar-refractivity contribution in [1.29, 1.82) is 0 Å². The van der Waals surface area contributed by atoms with Gasteiger partial charge in [0, 0.05) is 5.39 Å². The lowest BCUT2D eigenvalue weighted by molar-refractivity contribution is -0.138. The number of carbonyl (C=O) groups is 1. The summed E-state index contributed by atoms with van der Waals surface area (Å²) >= 11 is 5.86. The number of hydrogen-bond acceptors (Lipinski definition) is 5. The molecule has 0 aliphatic rings. The Kier molecular flexibility index (Phi) is 7.63. The molecule has 0 unspecified atom stereocenters. The first-order valence-corrected chi connectivity index (χ1v) is 11.2. The second-order valence-corrected chi connectivity index (χ2v) is 8.18. The van der Waals surface area contributed by atoms with E-state index in [0.29, 0.717) is 10.9 Å². The number of aromatic nitrogens is 2. The Morgan fingerprint density at radius 1 is 0.868 bits per heavy atom. The maximum absolute atomic E-state index is 13.1. The lowest BCUT2D eigenvalue weighted by Crippen LogP contribution is -2.29. The zero-order valence-electron chi connectivity index (χ0n) is 19.0. The third kappa shape index (κ3) is 6.25. The number of nitrogens with one attached hydrogen (secondary N) is 1. The highest BCUT2D eigenvalue weighted by atomic mass is 35.5. The van der Waals surface area contributed by atoms with Gasteiger partial charge in [-0.05, 0) is 42.5 Å². The molecule has 1 amide bonds. The van der Waals surface area contributed by atoms with Crippen molar-refractivity contribution >= 4 is 28.4 Å². The fraction of sp³-hybridized carbons (Fsp3) is 0.160. The molecule has 0 bridgehead atoms. The summed E-state index contributed by atoms with van der Waals surface area (Å²) in [6.45, 7) is -0.257. The van der Waals surface area contributed by atoms with Gasteiger partial charge in [0.15, 0.2) is 0 Å². The summed E-state index contributed by atoms with van der Waals surface area (Å²) in [5.41, 5.74) is -1.63. The molecule has 0 saturated carbocycles. The minimum Gasteiger partial charge on any atom is -0.490 e. The monoisotopic (exact) mass is 555 g/mol. The third-order valence-electron chi connectivity index (χ3n) is 5.14.